The molecule has 0 radical (unpaired) electrons. The molecule has 0 spiro atoms. The largest absolute Gasteiger partial charge is 0.458 e. The maximum atomic E-state index is 12.6. The van der Waals surface area contributed by atoms with Gasteiger partial charge in [-0.15, -0.1) is 0 Å². The number of hydrogen-bond donors (Lipinski definition) is 0. The summed E-state index contributed by atoms with van der Waals surface area (Å²) in [6.07, 6.45) is 0.808. The fourth-order valence-electron chi connectivity index (χ4n) is 3.09. The van der Waals surface area contributed by atoms with Gasteiger partial charge in [0.1, 0.15) is 6.10 Å². The van der Waals surface area contributed by atoms with Gasteiger partial charge < -0.3 is 19.4 Å². The first-order valence-corrected chi connectivity index (χ1v) is 8.22. The molecule has 23 heavy (non-hydrogen) atoms. The fraction of sp³-hybridized carbons (Fsp3) is 0.688. The molecule has 2 amide bonds. The van der Waals surface area contributed by atoms with Crippen molar-refractivity contribution in [2.24, 2.45) is 0 Å². The number of amides is 2. The molecule has 0 aromatic carbocycles. The minimum atomic E-state index is -0.0207. The van der Waals surface area contributed by atoms with Gasteiger partial charge in [0.05, 0.1) is 6.54 Å². The Kier molecular flexibility index (Phi) is 4.66. The lowest BCUT2D eigenvalue weighted by Crippen LogP contribution is -2.51. The highest BCUT2D eigenvalue weighted by atomic mass is 16.5. The van der Waals surface area contributed by atoms with E-state index in [0.29, 0.717) is 12.6 Å². The summed E-state index contributed by atoms with van der Waals surface area (Å²) in [6.45, 7) is 8.70. The first-order valence-electron chi connectivity index (χ1n) is 8.22. The molecule has 2 aliphatic heterocycles. The third-order valence-electron chi connectivity index (χ3n) is 4.42. The molecular formula is C16H25N5O2. The number of likely N-dealkylation sites (tertiary alicyclic amines) is 1. The zero-order valence-electron chi connectivity index (χ0n) is 14.2. The van der Waals surface area contributed by atoms with Crippen molar-refractivity contribution in [2.75, 3.05) is 46.3 Å². The molecule has 0 N–H and O–H groups in total. The number of carbonyl (C=O) groups excluding carboxylic acids is 1. The molecule has 1 atom stereocenters. The molecule has 1 unspecified atom stereocenters. The third-order valence-corrected chi connectivity index (χ3v) is 4.42. The first-order chi connectivity index (χ1) is 11.0. The summed E-state index contributed by atoms with van der Waals surface area (Å²) in [4.78, 5) is 27.3. The van der Waals surface area contributed by atoms with Gasteiger partial charge in [-0.3, -0.25) is 0 Å². The summed E-state index contributed by atoms with van der Waals surface area (Å²) in [6, 6.07) is 2.47. The molecule has 0 aliphatic carbocycles. The van der Waals surface area contributed by atoms with Crippen molar-refractivity contribution >= 4 is 6.03 Å². The molecular weight excluding hydrogens is 294 g/mol. The third kappa shape index (κ3) is 3.90. The predicted molar refractivity (Wildman–Crippen MR) is 86.6 cm³/mol. The van der Waals surface area contributed by atoms with Crippen molar-refractivity contribution in [2.45, 2.75) is 26.4 Å². The topological polar surface area (TPSA) is 61.8 Å². The van der Waals surface area contributed by atoms with E-state index in [9.17, 15) is 4.79 Å². The normalized spacial score (nSPS) is 22.5. The molecule has 1 aromatic heterocycles. The number of likely N-dealkylation sites (N-methyl/N-ethyl adjacent to an activating group) is 1. The van der Waals surface area contributed by atoms with Gasteiger partial charge in [0, 0.05) is 50.5 Å². The highest BCUT2D eigenvalue weighted by Crippen LogP contribution is 2.18. The molecule has 2 aliphatic rings. The summed E-state index contributed by atoms with van der Waals surface area (Å²) >= 11 is 0. The van der Waals surface area contributed by atoms with Crippen molar-refractivity contribution in [1.82, 2.24) is 24.7 Å². The number of nitrogens with zero attached hydrogens (tertiary/aromatic N) is 5. The quantitative estimate of drug-likeness (QED) is 0.811. The van der Waals surface area contributed by atoms with Crippen LogP contribution < -0.4 is 4.74 Å². The summed E-state index contributed by atoms with van der Waals surface area (Å²) in [5, 5.41) is 0. The number of aryl methyl sites for hydroxylation is 2. The Labute approximate surface area is 137 Å². The number of ether oxygens (including phenoxy) is 1. The van der Waals surface area contributed by atoms with Crippen LogP contribution in [0, 0.1) is 13.8 Å². The lowest BCUT2D eigenvalue weighted by molar-refractivity contribution is 0.122. The smallest absolute Gasteiger partial charge is 0.320 e. The molecule has 126 valence electrons. The molecule has 0 bridgehead atoms. The lowest BCUT2D eigenvalue weighted by Gasteiger charge is -2.34. The van der Waals surface area contributed by atoms with E-state index in [1.165, 1.54) is 0 Å². The van der Waals surface area contributed by atoms with E-state index < -0.39 is 0 Å². The van der Waals surface area contributed by atoms with Crippen LogP contribution in [0.2, 0.25) is 0 Å². The van der Waals surface area contributed by atoms with Gasteiger partial charge in [0.2, 0.25) is 0 Å². The second-order valence-electron chi connectivity index (χ2n) is 6.48. The fourth-order valence-corrected chi connectivity index (χ4v) is 3.09. The Morgan fingerprint density at radius 3 is 2.39 bits per heavy atom. The number of piperazine rings is 1. The molecule has 3 heterocycles. The Hall–Kier alpha value is -1.89. The first kappa shape index (κ1) is 16.0. The van der Waals surface area contributed by atoms with E-state index in [-0.39, 0.29) is 12.1 Å². The van der Waals surface area contributed by atoms with Gasteiger partial charge >= 0.3 is 12.0 Å². The minimum absolute atomic E-state index is 0.0207. The van der Waals surface area contributed by atoms with Gasteiger partial charge in [0.25, 0.3) is 0 Å². The van der Waals surface area contributed by atoms with E-state index in [1.54, 1.807) is 0 Å². The van der Waals surface area contributed by atoms with E-state index in [1.807, 2.05) is 29.7 Å². The number of aromatic nitrogens is 2. The Morgan fingerprint density at radius 1 is 1.09 bits per heavy atom. The monoisotopic (exact) mass is 319 g/mol. The van der Waals surface area contributed by atoms with E-state index in [4.69, 9.17) is 4.74 Å². The maximum absolute atomic E-state index is 12.6. The summed E-state index contributed by atoms with van der Waals surface area (Å²) < 4.78 is 5.88. The van der Waals surface area contributed by atoms with Gasteiger partial charge in [-0.25, -0.2) is 14.8 Å². The highest BCUT2D eigenvalue weighted by Gasteiger charge is 2.31. The zero-order valence-corrected chi connectivity index (χ0v) is 14.2. The van der Waals surface area contributed by atoms with Crippen molar-refractivity contribution in [3.8, 4) is 6.01 Å². The second-order valence-corrected chi connectivity index (χ2v) is 6.48. The van der Waals surface area contributed by atoms with Crippen LogP contribution in [0.15, 0.2) is 6.07 Å². The number of carbonyl (C=O) groups is 1. The maximum Gasteiger partial charge on any atom is 0.320 e. The molecule has 1 aromatic rings. The molecule has 3 rings (SSSR count). The van der Waals surface area contributed by atoms with Crippen molar-refractivity contribution in [3.05, 3.63) is 17.5 Å². The van der Waals surface area contributed by atoms with Crippen LogP contribution >= 0.6 is 0 Å². The average molecular weight is 319 g/mol. The second kappa shape index (κ2) is 6.70. The van der Waals surface area contributed by atoms with Crippen LogP contribution in [-0.2, 0) is 0 Å². The van der Waals surface area contributed by atoms with Gasteiger partial charge in [-0.2, -0.15) is 0 Å². The van der Waals surface area contributed by atoms with Gasteiger partial charge in [0.15, 0.2) is 0 Å². The molecule has 2 saturated heterocycles. The number of rotatable bonds is 2. The summed E-state index contributed by atoms with van der Waals surface area (Å²) in [7, 11) is 2.09. The SMILES string of the molecule is Cc1cc(C)nc(OC2CCN(C(=O)N3CCN(C)CC3)C2)n1. The Morgan fingerprint density at radius 2 is 1.74 bits per heavy atom. The van der Waals surface area contributed by atoms with Gasteiger partial charge in [-0.1, -0.05) is 0 Å². The number of urea groups is 1. The van der Waals surface area contributed by atoms with E-state index in [0.717, 1.165) is 50.5 Å². The van der Waals surface area contributed by atoms with Crippen LogP contribution in [0.3, 0.4) is 0 Å². The van der Waals surface area contributed by atoms with Crippen LogP contribution in [0.4, 0.5) is 4.79 Å². The van der Waals surface area contributed by atoms with Crippen LogP contribution in [-0.4, -0.2) is 83.1 Å². The number of hydrogen-bond acceptors (Lipinski definition) is 5. The molecule has 2 fully saturated rings. The standard InChI is InChI=1S/C16H25N5O2/c1-12-10-13(2)18-15(17-12)23-14-4-5-21(11-14)16(22)20-8-6-19(3)7-9-20/h10,14H,4-9,11H2,1-3H3. The lowest BCUT2D eigenvalue weighted by atomic mass is 10.3. The zero-order chi connectivity index (χ0) is 16.4. The van der Waals surface area contributed by atoms with E-state index >= 15 is 0 Å². The molecule has 7 nitrogen and oxygen atoms in total. The molecule has 7 heteroatoms. The summed E-state index contributed by atoms with van der Waals surface area (Å²) in [5.74, 6) is 0. The van der Waals surface area contributed by atoms with Gasteiger partial charge in [-0.05, 0) is 27.0 Å². The highest BCUT2D eigenvalue weighted by molar-refractivity contribution is 5.75. The average Bonchev–Trinajstić information content (AvgIpc) is 2.94. The van der Waals surface area contributed by atoms with Crippen molar-refractivity contribution in [1.29, 1.82) is 0 Å². The van der Waals surface area contributed by atoms with Crippen LogP contribution in [0.25, 0.3) is 0 Å². The summed E-state index contributed by atoms with van der Waals surface area (Å²) in [5.41, 5.74) is 1.80. The predicted octanol–water partition coefficient (Wildman–Crippen LogP) is 0.914. The van der Waals surface area contributed by atoms with Crippen molar-refractivity contribution in [3.63, 3.8) is 0 Å². The Balaban J connectivity index is 1.54. The Bertz CT molecular complexity index is 551. The molecule has 0 saturated carbocycles. The van der Waals surface area contributed by atoms with Crippen LogP contribution in [0.5, 0.6) is 6.01 Å². The van der Waals surface area contributed by atoms with Crippen LogP contribution in [0.1, 0.15) is 17.8 Å². The van der Waals surface area contributed by atoms with Crippen molar-refractivity contribution < 1.29 is 9.53 Å². The van der Waals surface area contributed by atoms with E-state index in [2.05, 4.69) is 21.9 Å². The minimum Gasteiger partial charge on any atom is -0.458 e.